The summed E-state index contributed by atoms with van der Waals surface area (Å²) in [4.78, 5) is 1.17. The molecule has 0 spiro atoms. The van der Waals surface area contributed by atoms with Crippen molar-refractivity contribution < 1.29 is 8.83 Å². The van der Waals surface area contributed by atoms with Crippen molar-refractivity contribution in [1.29, 1.82) is 0 Å². The Kier molecular flexibility index (Phi) is 3.06. The van der Waals surface area contributed by atoms with Gasteiger partial charge in [-0.15, -0.1) is 11.8 Å². The van der Waals surface area contributed by atoms with Gasteiger partial charge in [-0.2, -0.15) is 0 Å². The van der Waals surface area contributed by atoms with E-state index in [9.17, 15) is 0 Å². The summed E-state index contributed by atoms with van der Waals surface area (Å²) in [7, 11) is 0. The summed E-state index contributed by atoms with van der Waals surface area (Å²) in [5.74, 6) is 1.01. The van der Waals surface area contributed by atoms with Crippen LogP contribution in [0.3, 0.4) is 0 Å². The number of furan rings is 2. The topological polar surface area (TPSA) is 52.3 Å². The smallest absolute Gasteiger partial charge is 0.148 e. The van der Waals surface area contributed by atoms with Gasteiger partial charge in [0, 0.05) is 16.3 Å². The van der Waals surface area contributed by atoms with Crippen LogP contribution in [0.25, 0.3) is 21.9 Å². The second-order valence-corrected chi connectivity index (χ2v) is 5.38. The fourth-order valence-corrected chi connectivity index (χ4v) is 3.26. The van der Waals surface area contributed by atoms with E-state index >= 15 is 0 Å². The average molecular weight is 261 g/mol. The van der Waals surface area contributed by atoms with Crippen LogP contribution in [0.4, 0.5) is 0 Å². The van der Waals surface area contributed by atoms with E-state index in [0.29, 0.717) is 6.54 Å². The molecule has 2 N–H and O–H groups in total. The zero-order valence-electron chi connectivity index (χ0n) is 10.2. The lowest BCUT2D eigenvalue weighted by Crippen LogP contribution is -2.03. The highest BCUT2D eigenvalue weighted by Crippen LogP contribution is 2.39. The van der Waals surface area contributed by atoms with E-state index < -0.39 is 0 Å². The molecule has 3 rings (SSSR count). The number of hydrogen-bond acceptors (Lipinski definition) is 4. The fraction of sp³-hybridized carbons (Fsp3) is 0.286. The summed E-state index contributed by atoms with van der Waals surface area (Å²) >= 11 is 1.79. The van der Waals surface area contributed by atoms with Crippen LogP contribution in [0.1, 0.15) is 12.5 Å². The Morgan fingerprint density at radius 1 is 1.11 bits per heavy atom. The van der Waals surface area contributed by atoms with Crippen LogP contribution in [0.5, 0.6) is 0 Å². The highest BCUT2D eigenvalue weighted by Gasteiger charge is 2.17. The van der Waals surface area contributed by atoms with E-state index in [2.05, 4.69) is 6.92 Å². The van der Waals surface area contributed by atoms with E-state index in [1.807, 2.05) is 12.1 Å². The van der Waals surface area contributed by atoms with Gasteiger partial charge in [-0.1, -0.05) is 6.92 Å². The normalized spacial score (nSPS) is 11.7. The van der Waals surface area contributed by atoms with Crippen molar-refractivity contribution in [3.05, 3.63) is 30.2 Å². The highest BCUT2D eigenvalue weighted by molar-refractivity contribution is 7.99. The average Bonchev–Trinajstić information content (AvgIpc) is 3.01. The number of hydrogen-bond donors (Lipinski definition) is 1. The maximum atomic E-state index is 5.70. The van der Waals surface area contributed by atoms with Gasteiger partial charge >= 0.3 is 0 Å². The van der Waals surface area contributed by atoms with Crippen molar-refractivity contribution in [2.75, 3.05) is 12.3 Å². The molecule has 0 aliphatic heterocycles. The molecule has 2 aromatic heterocycles. The molecule has 0 radical (unpaired) electrons. The first-order chi connectivity index (χ1) is 8.86. The minimum Gasteiger partial charge on any atom is -0.464 e. The molecule has 0 unspecified atom stereocenters. The van der Waals surface area contributed by atoms with Gasteiger partial charge in [0.1, 0.15) is 11.2 Å². The monoisotopic (exact) mass is 261 g/mol. The number of nitrogens with two attached hydrogens (primary N) is 1. The first kappa shape index (κ1) is 11.7. The predicted octanol–water partition coefficient (Wildman–Crippen LogP) is 3.79. The minimum absolute atomic E-state index is 0.607. The lowest BCUT2D eigenvalue weighted by atomic mass is 10.0. The number of fused-ring (bicyclic) bond motifs is 2. The molecule has 18 heavy (non-hydrogen) atoms. The van der Waals surface area contributed by atoms with E-state index in [1.165, 1.54) is 4.90 Å². The molecule has 94 valence electrons. The summed E-state index contributed by atoms with van der Waals surface area (Å²) in [6.45, 7) is 2.75. The molecular formula is C14H15NO2S. The van der Waals surface area contributed by atoms with Crippen molar-refractivity contribution >= 4 is 33.7 Å². The van der Waals surface area contributed by atoms with E-state index in [4.69, 9.17) is 14.6 Å². The van der Waals surface area contributed by atoms with Crippen LogP contribution in [0.2, 0.25) is 0 Å². The highest BCUT2D eigenvalue weighted by atomic mass is 32.2. The summed E-state index contributed by atoms with van der Waals surface area (Å²) in [6.07, 6.45) is 4.28. The van der Waals surface area contributed by atoms with Crippen LogP contribution in [-0.2, 0) is 6.42 Å². The second kappa shape index (κ2) is 4.71. The van der Waals surface area contributed by atoms with Gasteiger partial charge in [-0.05, 0) is 30.9 Å². The van der Waals surface area contributed by atoms with Crippen molar-refractivity contribution in [3.8, 4) is 0 Å². The molecule has 0 atom stereocenters. The van der Waals surface area contributed by atoms with Gasteiger partial charge in [-0.3, -0.25) is 0 Å². The Balaban J connectivity index is 2.40. The molecule has 0 aliphatic rings. The van der Waals surface area contributed by atoms with Crippen LogP contribution in [0.15, 0.2) is 38.4 Å². The molecule has 3 aromatic rings. The summed E-state index contributed by atoms with van der Waals surface area (Å²) in [6, 6.07) is 4.01. The zero-order valence-corrected chi connectivity index (χ0v) is 11.0. The maximum absolute atomic E-state index is 5.70. The minimum atomic E-state index is 0.607. The Labute approximate surface area is 109 Å². The third-order valence-electron chi connectivity index (χ3n) is 3.06. The summed E-state index contributed by atoms with van der Waals surface area (Å²) in [5, 5.41) is 2.26. The zero-order chi connectivity index (χ0) is 12.5. The molecule has 1 aromatic carbocycles. The number of benzene rings is 1. The molecule has 0 saturated heterocycles. The van der Waals surface area contributed by atoms with Gasteiger partial charge in [0.2, 0.25) is 0 Å². The molecule has 3 nitrogen and oxygen atoms in total. The summed E-state index contributed by atoms with van der Waals surface area (Å²) < 4.78 is 11.3. The van der Waals surface area contributed by atoms with E-state index in [-0.39, 0.29) is 0 Å². The number of rotatable bonds is 4. The second-order valence-electron chi connectivity index (χ2n) is 4.11. The van der Waals surface area contributed by atoms with Gasteiger partial charge in [0.15, 0.2) is 0 Å². The van der Waals surface area contributed by atoms with Gasteiger partial charge in [0.25, 0.3) is 0 Å². The van der Waals surface area contributed by atoms with E-state index in [1.54, 1.807) is 24.3 Å². The maximum Gasteiger partial charge on any atom is 0.148 e. The van der Waals surface area contributed by atoms with Crippen molar-refractivity contribution in [3.63, 3.8) is 0 Å². The third kappa shape index (κ3) is 1.64. The van der Waals surface area contributed by atoms with Gasteiger partial charge in [0.05, 0.1) is 17.4 Å². The van der Waals surface area contributed by atoms with Crippen molar-refractivity contribution in [2.45, 2.75) is 18.2 Å². The Morgan fingerprint density at radius 2 is 1.83 bits per heavy atom. The van der Waals surface area contributed by atoms with E-state index in [0.717, 1.165) is 39.7 Å². The van der Waals surface area contributed by atoms with Crippen molar-refractivity contribution in [2.24, 2.45) is 5.73 Å². The SMILES string of the molecule is CCSc1c2ccoc2c(CCN)c2ccoc12. The Hall–Kier alpha value is -1.39. The lowest BCUT2D eigenvalue weighted by Gasteiger charge is -2.07. The molecule has 0 bridgehead atoms. The fourth-order valence-electron chi connectivity index (χ4n) is 2.37. The largest absolute Gasteiger partial charge is 0.464 e. The quantitative estimate of drug-likeness (QED) is 0.726. The molecule has 0 amide bonds. The first-order valence-corrected chi connectivity index (χ1v) is 7.07. The predicted molar refractivity (Wildman–Crippen MR) is 75.1 cm³/mol. The molecular weight excluding hydrogens is 246 g/mol. The van der Waals surface area contributed by atoms with Gasteiger partial charge < -0.3 is 14.6 Å². The molecule has 2 heterocycles. The molecule has 0 aliphatic carbocycles. The number of thioether (sulfide) groups is 1. The van der Waals surface area contributed by atoms with Crippen LogP contribution in [0, 0.1) is 0 Å². The molecule has 0 fully saturated rings. The summed E-state index contributed by atoms with van der Waals surface area (Å²) in [5.41, 5.74) is 8.76. The Morgan fingerprint density at radius 3 is 2.56 bits per heavy atom. The molecule has 0 saturated carbocycles. The first-order valence-electron chi connectivity index (χ1n) is 6.09. The standard InChI is InChI=1S/C14H15NO2S/c1-2-18-14-11-5-8-16-12(11)9(3-6-15)10-4-7-17-13(10)14/h4-5,7-8H,2-3,6,15H2,1H3. The lowest BCUT2D eigenvalue weighted by molar-refractivity contribution is 0.604. The van der Waals surface area contributed by atoms with Gasteiger partial charge in [-0.25, -0.2) is 0 Å². The van der Waals surface area contributed by atoms with Crippen LogP contribution >= 0.6 is 11.8 Å². The van der Waals surface area contributed by atoms with Crippen LogP contribution < -0.4 is 5.73 Å². The molecule has 4 heteroatoms. The third-order valence-corrected chi connectivity index (χ3v) is 4.05. The Bertz CT molecular complexity index is 577. The van der Waals surface area contributed by atoms with Crippen LogP contribution in [-0.4, -0.2) is 12.3 Å². The van der Waals surface area contributed by atoms with Crippen molar-refractivity contribution in [1.82, 2.24) is 0 Å².